The molecule has 0 unspecified atom stereocenters. The van der Waals surface area contributed by atoms with Gasteiger partial charge in [0.05, 0.1) is 0 Å². The second kappa shape index (κ2) is 7.79. The number of hydrogen-bond acceptors (Lipinski definition) is 3. The van der Waals surface area contributed by atoms with Crippen molar-refractivity contribution in [1.29, 1.82) is 0 Å². The van der Waals surface area contributed by atoms with Crippen molar-refractivity contribution in [2.75, 3.05) is 31.6 Å². The fraction of sp³-hybridized carbons (Fsp3) is 0.529. The Hall–Kier alpha value is -1.59. The molecule has 2 aliphatic heterocycles. The number of carbonyl (C=O) groups is 2. The Morgan fingerprint density at radius 3 is 2.57 bits per heavy atom. The van der Waals surface area contributed by atoms with Gasteiger partial charge < -0.3 is 15.1 Å². The summed E-state index contributed by atoms with van der Waals surface area (Å²) in [6.07, 6.45) is 3.49. The number of hydrogen-bond donors (Lipinski definition) is 1. The van der Waals surface area contributed by atoms with Crippen LogP contribution in [-0.2, 0) is 4.79 Å². The Kier molecular flexibility index (Phi) is 6.02. The van der Waals surface area contributed by atoms with Crippen LogP contribution in [0.2, 0.25) is 0 Å². The highest BCUT2D eigenvalue weighted by Crippen LogP contribution is 2.23. The molecule has 1 aromatic carbocycles. The Labute approximate surface area is 143 Å². The number of halogens is 1. The Morgan fingerprint density at radius 1 is 1.22 bits per heavy atom. The second-order valence-electron chi connectivity index (χ2n) is 6.05. The number of anilines is 1. The van der Waals surface area contributed by atoms with Crippen LogP contribution in [0.25, 0.3) is 0 Å². The van der Waals surface area contributed by atoms with Gasteiger partial charge in [0.1, 0.15) is 0 Å². The van der Waals surface area contributed by atoms with Crippen LogP contribution in [0.3, 0.4) is 0 Å². The molecule has 0 aromatic heterocycles. The van der Waals surface area contributed by atoms with Crippen LogP contribution >= 0.6 is 12.4 Å². The number of amides is 2. The molecule has 6 heteroatoms. The molecule has 0 atom stereocenters. The van der Waals surface area contributed by atoms with Crippen molar-refractivity contribution in [2.45, 2.75) is 31.7 Å². The maximum Gasteiger partial charge on any atom is 0.253 e. The third kappa shape index (κ3) is 3.85. The topological polar surface area (TPSA) is 52.7 Å². The molecule has 0 bridgehead atoms. The second-order valence-corrected chi connectivity index (χ2v) is 6.05. The van der Waals surface area contributed by atoms with Gasteiger partial charge in [-0.15, -0.1) is 12.4 Å². The van der Waals surface area contributed by atoms with Gasteiger partial charge in [-0.05, 0) is 44.5 Å². The number of likely N-dealkylation sites (tertiary alicyclic amines) is 1. The average Bonchev–Trinajstić information content (AvgIpc) is 3.00. The fourth-order valence-electron chi connectivity index (χ4n) is 3.28. The van der Waals surface area contributed by atoms with E-state index in [9.17, 15) is 9.59 Å². The summed E-state index contributed by atoms with van der Waals surface area (Å²) in [5.41, 5.74) is 1.53. The molecule has 1 aromatic rings. The summed E-state index contributed by atoms with van der Waals surface area (Å²) >= 11 is 0. The summed E-state index contributed by atoms with van der Waals surface area (Å²) in [4.78, 5) is 28.2. The highest BCUT2D eigenvalue weighted by Gasteiger charge is 2.25. The van der Waals surface area contributed by atoms with Crippen LogP contribution < -0.4 is 10.2 Å². The first-order valence-corrected chi connectivity index (χ1v) is 8.06. The van der Waals surface area contributed by atoms with Crippen molar-refractivity contribution in [3.05, 3.63) is 29.8 Å². The molecule has 1 N–H and O–H groups in total. The van der Waals surface area contributed by atoms with E-state index in [0.29, 0.717) is 18.0 Å². The Morgan fingerprint density at radius 2 is 1.96 bits per heavy atom. The molecule has 0 radical (unpaired) electrons. The number of carbonyl (C=O) groups excluding carboxylic acids is 2. The minimum Gasteiger partial charge on any atom is -0.339 e. The van der Waals surface area contributed by atoms with Crippen molar-refractivity contribution in [2.24, 2.45) is 0 Å². The Balaban J connectivity index is 0.00000192. The number of rotatable bonds is 3. The standard InChI is InChI=1S/C17H23N3O2.ClH/c1-18-14-7-10-19(11-8-14)17(22)13-4-2-5-15(12-13)20-9-3-6-16(20)21;/h2,4-5,12,14,18H,3,6-11H2,1H3;1H. The van der Waals surface area contributed by atoms with E-state index >= 15 is 0 Å². The highest BCUT2D eigenvalue weighted by atomic mass is 35.5. The first-order chi connectivity index (χ1) is 10.7. The van der Waals surface area contributed by atoms with E-state index in [1.54, 1.807) is 4.90 Å². The van der Waals surface area contributed by atoms with Crippen LogP contribution in [0.1, 0.15) is 36.0 Å². The third-order valence-electron chi connectivity index (χ3n) is 4.67. The zero-order chi connectivity index (χ0) is 15.5. The summed E-state index contributed by atoms with van der Waals surface area (Å²) in [5, 5.41) is 3.27. The smallest absolute Gasteiger partial charge is 0.253 e. The van der Waals surface area contributed by atoms with Crippen LogP contribution in [-0.4, -0.2) is 49.4 Å². The van der Waals surface area contributed by atoms with Gasteiger partial charge in [-0.1, -0.05) is 6.07 Å². The summed E-state index contributed by atoms with van der Waals surface area (Å²) in [7, 11) is 1.97. The number of nitrogens with one attached hydrogen (secondary N) is 1. The minimum absolute atomic E-state index is 0. The van der Waals surface area contributed by atoms with E-state index < -0.39 is 0 Å². The van der Waals surface area contributed by atoms with Crippen LogP contribution in [0, 0.1) is 0 Å². The normalized spacial score (nSPS) is 18.9. The minimum atomic E-state index is 0. The van der Waals surface area contributed by atoms with Gasteiger partial charge in [-0.2, -0.15) is 0 Å². The number of nitrogens with zero attached hydrogens (tertiary/aromatic N) is 2. The molecule has 2 heterocycles. The maximum absolute atomic E-state index is 12.6. The molecule has 3 rings (SSSR count). The van der Waals surface area contributed by atoms with Gasteiger partial charge in [0.2, 0.25) is 5.91 Å². The predicted octanol–water partition coefficient (Wildman–Crippen LogP) is 2.06. The highest BCUT2D eigenvalue weighted by molar-refractivity contribution is 5.99. The predicted molar refractivity (Wildman–Crippen MR) is 93.3 cm³/mol. The molecular weight excluding hydrogens is 314 g/mol. The molecule has 2 saturated heterocycles. The lowest BCUT2D eigenvalue weighted by molar-refractivity contribution is -0.117. The van der Waals surface area contributed by atoms with Crippen molar-refractivity contribution in [1.82, 2.24) is 10.2 Å². The van der Waals surface area contributed by atoms with E-state index in [2.05, 4.69) is 5.32 Å². The first-order valence-electron chi connectivity index (χ1n) is 8.06. The van der Waals surface area contributed by atoms with Gasteiger partial charge in [0.15, 0.2) is 0 Å². The van der Waals surface area contributed by atoms with E-state index in [4.69, 9.17) is 0 Å². The molecule has 2 amide bonds. The largest absolute Gasteiger partial charge is 0.339 e. The summed E-state index contributed by atoms with van der Waals surface area (Å²) in [5.74, 6) is 0.225. The van der Waals surface area contributed by atoms with E-state index in [1.165, 1.54) is 0 Å². The molecule has 0 aliphatic carbocycles. The molecule has 0 spiro atoms. The van der Waals surface area contributed by atoms with Crippen LogP contribution in [0.15, 0.2) is 24.3 Å². The lowest BCUT2D eigenvalue weighted by atomic mass is 10.0. The van der Waals surface area contributed by atoms with Gasteiger partial charge in [0, 0.05) is 43.3 Å². The molecule has 2 aliphatic rings. The monoisotopic (exact) mass is 337 g/mol. The van der Waals surface area contributed by atoms with Crippen molar-refractivity contribution >= 4 is 29.9 Å². The van der Waals surface area contributed by atoms with E-state index in [1.807, 2.05) is 36.2 Å². The van der Waals surface area contributed by atoms with Crippen LogP contribution in [0.4, 0.5) is 5.69 Å². The van der Waals surface area contributed by atoms with Gasteiger partial charge in [0.25, 0.3) is 5.91 Å². The van der Waals surface area contributed by atoms with Gasteiger partial charge in [-0.3, -0.25) is 9.59 Å². The van der Waals surface area contributed by atoms with Crippen molar-refractivity contribution in [3.8, 4) is 0 Å². The lowest BCUT2D eigenvalue weighted by Crippen LogP contribution is -2.44. The Bertz CT molecular complexity index is 571. The molecule has 5 nitrogen and oxygen atoms in total. The summed E-state index contributed by atoms with van der Waals surface area (Å²) in [6.45, 7) is 2.33. The van der Waals surface area contributed by atoms with Crippen molar-refractivity contribution in [3.63, 3.8) is 0 Å². The third-order valence-corrected chi connectivity index (χ3v) is 4.67. The van der Waals surface area contributed by atoms with E-state index in [0.717, 1.165) is 44.6 Å². The zero-order valence-electron chi connectivity index (χ0n) is 13.5. The molecular formula is C17H24ClN3O2. The number of benzene rings is 1. The maximum atomic E-state index is 12.6. The van der Waals surface area contributed by atoms with E-state index in [-0.39, 0.29) is 24.2 Å². The average molecular weight is 338 g/mol. The van der Waals surface area contributed by atoms with Crippen molar-refractivity contribution < 1.29 is 9.59 Å². The first kappa shape index (κ1) is 17.8. The molecule has 23 heavy (non-hydrogen) atoms. The molecule has 2 fully saturated rings. The van der Waals surface area contributed by atoms with Gasteiger partial charge in [-0.25, -0.2) is 0 Å². The number of piperidine rings is 1. The van der Waals surface area contributed by atoms with Crippen LogP contribution in [0.5, 0.6) is 0 Å². The summed E-state index contributed by atoms with van der Waals surface area (Å²) < 4.78 is 0. The molecule has 126 valence electrons. The van der Waals surface area contributed by atoms with Gasteiger partial charge >= 0.3 is 0 Å². The zero-order valence-corrected chi connectivity index (χ0v) is 14.3. The fourth-order valence-corrected chi connectivity index (χ4v) is 3.28. The SMILES string of the molecule is CNC1CCN(C(=O)c2cccc(N3CCCC3=O)c2)CC1.Cl. The quantitative estimate of drug-likeness (QED) is 0.918. The molecule has 0 saturated carbocycles. The lowest BCUT2D eigenvalue weighted by Gasteiger charge is -2.32. The summed E-state index contributed by atoms with van der Waals surface area (Å²) in [6, 6.07) is 7.99.